The maximum atomic E-state index is 11.4. The number of rotatable bonds is 7. The lowest BCUT2D eigenvalue weighted by Crippen LogP contribution is -2.26. The van der Waals surface area contributed by atoms with Crippen LogP contribution in [0.1, 0.15) is 25.3 Å². The molecule has 18 heavy (non-hydrogen) atoms. The minimum atomic E-state index is -0.332. The maximum Gasteiger partial charge on any atom is 0.306 e. The molecule has 5 nitrogen and oxygen atoms in total. The monoisotopic (exact) mass is 250 g/mol. The third-order valence-electron chi connectivity index (χ3n) is 2.35. The summed E-state index contributed by atoms with van der Waals surface area (Å²) in [6.45, 7) is 2.65. The van der Waals surface area contributed by atoms with Crippen molar-refractivity contribution in [2.45, 2.75) is 26.2 Å². The lowest BCUT2D eigenvalue weighted by molar-refractivity contribution is -0.144. The normalized spacial score (nSPS) is 9.83. The number of carbonyl (C=O) groups is 2. The molecule has 0 bridgehead atoms. The zero-order valence-corrected chi connectivity index (χ0v) is 10.5. The van der Waals surface area contributed by atoms with Crippen molar-refractivity contribution < 1.29 is 14.3 Å². The Labute approximate surface area is 107 Å². The fourth-order valence-corrected chi connectivity index (χ4v) is 1.43. The molecule has 0 aliphatic heterocycles. The molecule has 1 amide bonds. The first-order valence-electron chi connectivity index (χ1n) is 6.03. The summed E-state index contributed by atoms with van der Waals surface area (Å²) >= 11 is 0. The van der Waals surface area contributed by atoms with E-state index in [1.165, 1.54) is 0 Å². The predicted molar refractivity (Wildman–Crippen MR) is 66.8 cm³/mol. The van der Waals surface area contributed by atoms with Crippen molar-refractivity contribution >= 4 is 11.9 Å². The summed E-state index contributed by atoms with van der Waals surface area (Å²) in [5, 5.41) is 2.76. The minimum Gasteiger partial charge on any atom is -0.466 e. The molecule has 1 rings (SSSR count). The third kappa shape index (κ3) is 5.98. The number of ether oxygens (including phenoxy) is 1. The van der Waals surface area contributed by atoms with Crippen LogP contribution >= 0.6 is 0 Å². The van der Waals surface area contributed by atoms with E-state index in [9.17, 15) is 9.59 Å². The lowest BCUT2D eigenvalue weighted by atomic mass is 10.2. The summed E-state index contributed by atoms with van der Waals surface area (Å²) in [7, 11) is 0. The summed E-state index contributed by atoms with van der Waals surface area (Å²) in [5.74, 6) is -0.459. The molecule has 1 aromatic rings. The van der Waals surface area contributed by atoms with Gasteiger partial charge in [0, 0.05) is 25.4 Å². The molecule has 1 N–H and O–H groups in total. The highest BCUT2D eigenvalue weighted by Crippen LogP contribution is 1.97. The van der Waals surface area contributed by atoms with Crippen LogP contribution in [-0.2, 0) is 20.7 Å². The highest BCUT2D eigenvalue weighted by Gasteiger charge is 2.06. The van der Waals surface area contributed by atoms with Gasteiger partial charge in [-0.1, -0.05) is 0 Å². The Balaban J connectivity index is 2.12. The Morgan fingerprint density at radius 2 is 2.00 bits per heavy atom. The first kappa shape index (κ1) is 14.2. The molecule has 0 fully saturated rings. The van der Waals surface area contributed by atoms with E-state index in [0.29, 0.717) is 13.2 Å². The Bertz CT molecular complexity index is 379. The molecule has 0 unspecified atom stereocenters. The van der Waals surface area contributed by atoms with Crippen molar-refractivity contribution in [3.05, 3.63) is 30.1 Å². The van der Waals surface area contributed by atoms with Crippen molar-refractivity contribution in [1.29, 1.82) is 0 Å². The first-order valence-corrected chi connectivity index (χ1v) is 6.03. The van der Waals surface area contributed by atoms with Crippen molar-refractivity contribution in [3.63, 3.8) is 0 Å². The average molecular weight is 250 g/mol. The molecule has 0 aliphatic carbocycles. The van der Waals surface area contributed by atoms with E-state index in [1.807, 2.05) is 12.1 Å². The fourth-order valence-electron chi connectivity index (χ4n) is 1.43. The van der Waals surface area contributed by atoms with Gasteiger partial charge in [0.05, 0.1) is 13.0 Å². The van der Waals surface area contributed by atoms with E-state index in [-0.39, 0.29) is 24.7 Å². The van der Waals surface area contributed by atoms with Crippen LogP contribution in [0.4, 0.5) is 0 Å². The number of pyridine rings is 1. The molecular formula is C13H18N2O3. The average Bonchev–Trinajstić information content (AvgIpc) is 2.38. The van der Waals surface area contributed by atoms with Gasteiger partial charge in [-0.3, -0.25) is 14.6 Å². The zero-order chi connectivity index (χ0) is 13.2. The van der Waals surface area contributed by atoms with Gasteiger partial charge in [-0.25, -0.2) is 0 Å². The molecule has 0 aromatic carbocycles. The summed E-state index contributed by atoms with van der Waals surface area (Å²) in [6.07, 6.45) is 4.51. The van der Waals surface area contributed by atoms with Crippen LogP contribution < -0.4 is 5.32 Å². The number of hydrogen-bond donors (Lipinski definition) is 1. The predicted octanol–water partition coefficient (Wildman–Crippen LogP) is 1.08. The van der Waals surface area contributed by atoms with Crippen LogP contribution in [0.25, 0.3) is 0 Å². The van der Waals surface area contributed by atoms with E-state index in [4.69, 9.17) is 4.74 Å². The van der Waals surface area contributed by atoms with Gasteiger partial charge in [-0.2, -0.15) is 0 Å². The molecule has 0 atom stereocenters. The second-order valence-electron chi connectivity index (χ2n) is 3.76. The molecule has 0 saturated carbocycles. The molecule has 0 saturated heterocycles. The van der Waals surface area contributed by atoms with Crippen LogP contribution in [0.15, 0.2) is 24.5 Å². The molecule has 5 heteroatoms. The van der Waals surface area contributed by atoms with Crippen molar-refractivity contribution in [1.82, 2.24) is 10.3 Å². The van der Waals surface area contributed by atoms with E-state index >= 15 is 0 Å². The van der Waals surface area contributed by atoms with Crippen LogP contribution in [-0.4, -0.2) is 30.0 Å². The van der Waals surface area contributed by atoms with E-state index in [1.54, 1.807) is 19.3 Å². The van der Waals surface area contributed by atoms with E-state index < -0.39 is 0 Å². The van der Waals surface area contributed by atoms with Gasteiger partial charge in [0.25, 0.3) is 0 Å². The van der Waals surface area contributed by atoms with Crippen LogP contribution in [0.5, 0.6) is 0 Å². The molecule has 1 heterocycles. The molecule has 98 valence electrons. The molecule has 0 aliphatic rings. The largest absolute Gasteiger partial charge is 0.466 e. The van der Waals surface area contributed by atoms with Gasteiger partial charge >= 0.3 is 5.97 Å². The van der Waals surface area contributed by atoms with Gasteiger partial charge < -0.3 is 10.1 Å². The third-order valence-corrected chi connectivity index (χ3v) is 2.35. The zero-order valence-electron chi connectivity index (χ0n) is 10.5. The number of nitrogens with zero attached hydrogens (tertiary/aromatic N) is 1. The fraction of sp³-hybridized carbons (Fsp3) is 0.462. The van der Waals surface area contributed by atoms with Crippen LogP contribution in [0.2, 0.25) is 0 Å². The van der Waals surface area contributed by atoms with Gasteiger partial charge in [-0.15, -0.1) is 0 Å². The topological polar surface area (TPSA) is 68.3 Å². The SMILES string of the molecule is CCOC(=O)CCC(=O)NCCc1ccncc1. The molecule has 1 aromatic heterocycles. The Kier molecular flexibility index (Phi) is 6.46. The highest BCUT2D eigenvalue weighted by molar-refractivity contribution is 5.81. The van der Waals surface area contributed by atoms with Crippen molar-refractivity contribution in [2.75, 3.05) is 13.2 Å². The number of aromatic nitrogens is 1. The minimum absolute atomic E-state index is 0.128. The molecule has 0 spiro atoms. The smallest absolute Gasteiger partial charge is 0.306 e. The number of amides is 1. The van der Waals surface area contributed by atoms with Gasteiger partial charge in [0.15, 0.2) is 0 Å². The second kappa shape index (κ2) is 8.22. The van der Waals surface area contributed by atoms with Crippen LogP contribution in [0, 0.1) is 0 Å². The van der Waals surface area contributed by atoms with Crippen LogP contribution in [0.3, 0.4) is 0 Å². The summed E-state index contributed by atoms with van der Waals surface area (Å²) in [6, 6.07) is 3.82. The number of hydrogen-bond acceptors (Lipinski definition) is 4. The van der Waals surface area contributed by atoms with E-state index in [0.717, 1.165) is 12.0 Å². The maximum absolute atomic E-state index is 11.4. The van der Waals surface area contributed by atoms with Gasteiger partial charge in [-0.05, 0) is 31.0 Å². The van der Waals surface area contributed by atoms with Gasteiger partial charge in [0.1, 0.15) is 0 Å². The lowest BCUT2D eigenvalue weighted by Gasteiger charge is -2.05. The second-order valence-corrected chi connectivity index (χ2v) is 3.76. The highest BCUT2D eigenvalue weighted by atomic mass is 16.5. The van der Waals surface area contributed by atoms with E-state index in [2.05, 4.69) is 10.3 Å². The number of nitrogens with one attached hydrogen (secondary N) is 1. The summed E-state index contributed by atoms with van der Waals surface area (Å²) in [4.78, 5) is 26.4. The van der Waals surface area contributed by atoms with Crippen molar-refractivity contribution in [2.24, 2.45) is 0 Å². The number of carbonyl (C=O) groups excluding carboxylic acids is 2. The number of esters is 1. The summed E-state index contributed by atoms with van der Waals surface area (Å²) < 4.78 is 4.74. The quantitative estimate of drug-likeness (QED) is 0.735. The van der Waals surface area contributed by atoms with Gasteiger partial charge in [0.2, 0.25) is 5.91 Å². The molecule has 0 radical (unpaired) electrons. The Morgan fingerprint density at radius 1 is 1.28 bits per heavy atom. The first-order chi connectivity index (χ1) is 8.72. The van der Waals surface area contributed by atoms with Crippen molar-refractivity contribution in [3.8, 4) is 0 Å². The standard InChI is InChI=1S/C13H18N2O3/c1-2-18-13(17)4-3-12(16)15-10-7-11-5-8-14-9-6-11/h5-6,8-9H,2-4,7,10H2,1H3,(H,15,16). The summed E-state index contributed by atoms with van der Waals surface area (Å²) in [5.41, 5.74) is 1.12. The Morgan fingerprint density at radius 3 is 2.67 bits per heavy atom. The Hall–Kier alpha value is -1.91. The molecular weight excluding hydrogens is 232 g/mol.